The summed E-state index contributed by atoms with van der Waals surface area (Å²) in [5, 5.41) is 5.64. The first-order valence-corrected chi connectivity index (χ1v) is 13.3. The van der Waals surface area contributed by atoms with E-state index in [1.807, 2.05) is 65.0 Å². The van der Waals surface area contributed by atoms with Crippen molar-refractivity contribution in [3.05, 3.63) is 60.2 Å². The topological polar surface area (TPSA) is 146 Å². The van der Waals surface area contributed by atoms with Crippen LogP contribution >= 0.6 is 0 Å². The largest absolute Gasteiger partial charge is 0.552 e. The van der Waals surface area contributed by atoms with Crippen LogP contribution in [0.3, 0.4) is 0 Å². The fourth-order valence-corrected chi connectivity index (χ4v) is 3.99. The van der Waals surface area contributed by atoms with Crippen molar-refractivity contribution >= 4 is 30.9 Å². The van der Waals surface area contributed by atoms with Gasteiger partial charge in [0.1, 0.15) is 11.7 Å². The van der Waals surface area contributed by atoms with E-state index in [0.29, 0.717) is 6.42 Å². The maximum absolute atomic E-state index is 13.6. The van der Waals surface area contributed by atoms with E-state index in [0.717, 1.165) is 5.56 Å². The van der Waals surface area contributed by atoms with E-state index in [-0.39, 0.29) is 36.5 Å². The molecule has 2 aromatic rings. The number of carbonyl (C=O) groups excluding carboxylic acids is 4. The maximum atomic E-state index is 13.6. The van der Waals surface area contributed by atoms with Crippen molar-refractivity contribution in [2.24, 2.45) is 11.3 Å². The second-order valence-electron chi connectivity index (χ2n) is 11.4. The Hall–Kier alpha value is -3.80. The molecule has 0 bridgehead atoms. The fourth-order valence-electron chi connectivity index (χ4n) is 3.99. The van der Waals surface area contributed by atoms with Gasteiger partial charge in [0.05, 0.1) is 25.2 Å². The predicted molar refractivity (Wildman–Crippen MR) is 147 cm³/mol. The molecule has 1 fully saturated rings. The molecule has 2 heterocycles. The Bertz CT molecular complexity index is 1160. The van der Waals surface area contributed by atoms with Crippen LogP contribution in [-0.4, -0.2) is 65.5 Å². The summed E-state index contributed by atoms with van der Waals surface area (Å²) in [6.07, 6.45) is 3.34. The molecule has 3 atom stereocenters. The Labute approximate surface area is 234 Å². The smallest absolute Gasteiger partial charge is 0.506 e. The van der Waals surface area contributed by atoms with Crippen LogP contribution in [0.1, 0.15) is 63.5 Å². The molecule has 11 nitrogen and oxygen atoms in total. The van der Waals surface area contributed by atoms with Gasteiger partial charge in [0.15, 0.2) is 6.10 Å². The molecule has 1 aliphatic heterocycles. The summed E-state index contributed by atoms with van der Waals surface area (Å²) in [6.45, 7) is 9.89. The number of nitrogens with one attached hydrogen (secondary N) is 2. The number of esters is 1. The third kappa shape index (κ3) is 9.75. The van der Waals surface area contributed by atoms with Crippen LogP contribution in [0.4, 0.5) is 0 Å². The van der Waals surface area contributed by atoms with Crippen molar-refractivity contribution in [2.45, 2.75) is 72.0 Å². The summed E-state index contributed by atoms with van der Waals surface area (Å²) in [5.74, 6) is -2.93. The van der Waals surface area contributed by atoms with Gasteiger partial charge >= 0.3 is 19.1 Å². The van der Waals surface area contributed by atoms with E-state index < -0.39 is 49.0 Å². The van der Waals surface area contributed by atoms with E-state index >= 15 is 0 Å². The lowest BCUT2D eigenvalue weighted by molar-refractivity contribution is -0.151. The van der Waals surface area contributed by atoms with Crippen LogP contribution in [0.15, 0.2) is 48.9 Å². The number of aromatic nitrogens is 2. The van der Waals surface area contributed by atoms with Crippen molar-refractivity contribution < 1.29 is 33.2 Å². The van der Waals surface area contributed by atoms with Gasteiger partial charge in [-0.05, 0) is 23.3 Å². The minimum Gasteiger partial charge on any atom is -0.506 e. The summed E-state index contributed by atoms with van der Waals surface area (Å²) in [6, 6.07) is 8.28. The normalized spacial score (nSPS) is 16.7. The Morgan fingerprint density at radius 1 is 1.10 bits per heavy atom. The molecular weight excluding hydrogens is 515 g/mol. The number of nitrogens with zero attached hydrogens (tertiary/aromatic N) is 2. The summed E-state index contributed by atoms with van der Waals surface area (Å²) >= 11 is 0. The van der Waals surface area contributed by atoms with E-state index in [9.17, 15) is 19.2 Å². The fraction of sp³-hybridized carbons (Fsp3) is 0.500. The molecule has 0 unspecified atom stereocenters. The lowest BCUT2D eigenvalue weighted by Crippen LogP contribution is -2.55. The van der Waals surface area contributed by atoms with Crippen LogP contribution in [0.25, 0.3) is 0 Å². The molecule has 1 aromatic carbocycles. The van der Waals surface area contributed by atoms with Crippen LogP contribution in [0, 0.1) is 11.3 Å². The molecule has 0 saturated carbocycles. The molecule has 0 spiro atoms. The molecule has 2 N–H and O–H groups in total. The first-order valence-electron chi connectivity index (χ1n) is 13.3. The quantitative estimate of drug-likeness (QED) is 0.299. The minimum atomic E-state index is -1.14. The number of amides is 2. The lowest BCUT2D eigenvalue weighted by Gasteiger charge is -2.25. The Balaban J connectivity index is 1.71. The summed E-state index contributed by atoms with van der Waals surface area (Å²) in [5.41, 5.74) is 0.682. The van der Waals surface area contributed by atoms with Crippen molar-refractivity contribution in [3.8, 4) is 0 Å². The van der Waals surface area contributed by atoms with Crippen LogP contribution in [-0.2, 0) is 34.9 Å². The van der Waals surface area contributed by atoms with Crippen LogP contribution in [0.5, 0.6) is 0 Å². The SMILES string of the molecule is CC(C)C[C@H](NC(=O)[C@H](Cc1ccccc1)NC(=O)c1cnccn1)B1OC(=O)[C@H](CC(=O)OCC(C)(C)C)O1. The molecule has 40 heavy (non-hydrogen) atoms. The van der Waals surface area contributed by atoms with Crippen molar-refractivity contribution in [2.75, 3.05) is 6.61 Å². The van der Waals surface area contributed by atoms with Gasteiger partial charge in [0.2, 0.25) is 5.91 Å². The zero-order valence-corrected chi connectivity index (χ0v) is 23.6. The van der Waals surface area contributed by atoms with Crippen molar-refractivity contribution in [1.82, 2.24) is 20.6 Å². The number of benzene rings is 1. The van der Waals surface area contributed by atoms with Gasteiger partial charge in [-0.15, -0.1) is 0 Å². The molecule has 1 saturated heterocycles. The zero-order valence-electron chi connectivity index (χ0n) is 23.6. The second-order valence-corrected chi connectivity index (χ2v) is 11.4. The van der Waals surface area contributed by atoms with Crippen molar-refractivity contribution in [3.63, 3.8) is 0 Å². The maximum Gasteiger partial charge on any atom is 0.552 e. The van der Waals surface area contributed by atoms with E-state index in [1.165, 1.54) is 18.6 Å². The monoisotopic (exact) mass is 552 g/mol. The van der Waals surface area contributed by atoms with Gasteiger partial charge in [0, 0.05) is 18.8 Å². The highest BCUT2D eigenvalue weighted by molar-refractivity contribution is 6.51. The first kappa shape index (κ1) is 30.7. The Morgan fingerprint density at radius 3 is 2.45 bits per heavy atom. The molecular formula is C28H37BN4O7. The second kappa shape index (κ2) is 14.0. The van der Waals surface area contributed by atoms with Gasteiger partial charge in [-0.25, -0.2) is 4.98 Å². The van der Waals surface area contributed by atoms with Crippen LogP contribution in [0.2, 0.25) is 0 Å². The number of carbonyl (C=O) groups is 4. The number of ether oxygens (including phenoxy) is 1. The Kier molecular flexibility index (Phi) is 10.8. The van der Waals surface area contributed by atoms with Gasteiger partial charge in [-0.1, -0.05) is 65.0 Å². The first-order chi connectivity index (χ1) is 18.9. The van der Waals surface area contributed by atoms with Crippen molar-refractivity contribution in [1.29, 1.82) is 0 Å². The third-order valence-electron chi connectivity index (χ3n) is 5.89. The third-order valence-corrected chi connectivity index (χ3v) is 5.89. The summed E-state index contributed by atoms with van der Waals surface area (Å²) in [7, 11) is -1.10. The van der Waals surface area contributed by atoms with Crippen LogP contribution < -0.4 is 10.6 Å². The highest BCUT2D eigenvalue weighted by Gasteiger charge is 2.47. The van der Waals surface area contributed by atoms with Gasteiger partial charge in [-0.2, -0.15) is 0 Å². The lowest BCUT2D eigenvalue weighted by atomic mass is 9.74. The highest BCUT2D eigenvalue weighted by Crippen LogP contribution is 2.21. The zero-order chi connectivity index (χ0) is 29.3. The van der Waals surface area contributed by atoms with Gasteiger partial charge in [-0.3, -0.25) is 24.2 Å². The highest BCUT2D eigenvalue weighted by atomic mass is 16.7. The predicted octanol–water partition coefficient (Wildman–Crippen LogP) is 2.30. The van der Waals surface area contributed by atoms with E-state index in [1.54, 1.807) is 0 Å². The molecule has 0 radical (unpaired) electrons. The molecule has 2 amide bonds. The summed E-state index contributed by atoms with van der Waals surface area (Å²) < 4.78 is 16.5. The molecule has 214 valence electrons. The average molecular weight is 552 g/mol. The molecule has 0 aliphatic carbocycles. The molecule has 3 rings (SSSR count). The van der Waals surface area contributed by atoms with Gasteiger partial charge in [0.25, 0.3) is 5.91 Å². The molecule has 12 heteroatoms. The average Bonchev–Trinajstić information content (AvgIpc) is 3.26. The number of hydrogen-bond acceptors (Lipinski definition) is 9. The molecule has 1 aliphatic rings. The summed E-state index contributed by atoms with van der Waals surface area (Å²) in [4.78, 5) is 59.1. The number of hydrogen-bond donors (Lipinski definition) is 2. The standard InChI is InChI=1S/C28H37BN4O7/c1-18(2)13-23(29-39-22(27(37)40-29)15-24(34)38-17-28(3,4)5)33-25(35)20(14-19-9-7-6-8-10-19)32-26(36)21-16-30-11-12-31-21/h6-12,16,18,20,22-23H,13-15,17H2,1-5H3,(H,32,36)(H,33,35)/t20-,22-,23-/m0/s1. The Morgan fingerprint density at radius 2 is 1.82 bits per heavy atom. The molecule has 1 aromatic heterocycles. The minimum absolute atomic E-state index is 0.0707. The van der Waals surface area contributed by atoms with E-state index in [4.69, 9.17) is 14.0 Å². The van der Waals surface area contributed by atoms with E-state index in [2.05, 4.69) is 20.6 Å². The van der Waals surface area contributed by atoms with Gasteiger partial charge < -0.3 is 24.7 Å². The number of rotatable bonds is 12.